The summed E-state index contributed by atoms with van der Waals surface area (Å²) in [6.07, 6.45) is 1.64. The fourth-order valence-corrected chi connectivity index (χ4v) is 2.32. The molecule has 0 fully saturated rings. The Morgan fingerprint density at radius 2 is 2.11 bits per heavy atom. The second-order valence-electron chi connectivity index (χ2n) is 4.13. The van der Waals surface area contributed by atoms with Crippen LogP contribution in [-0.4, -0.2) is 4.57 Å². The van der Waals surface area contributed by atoms with Gasteiger partial charge in [0.25, 0.3) is 5.56 Å². The lowest BCUT2D eigenvalue weighted by molar-refractivity contribution is 0.596. The second kappa shape index (κ2) is 4.94. The molecule has 94 valence electrons. The monoisotopic (exact) mass is 310 g/mol. The first-order valence-electron chi connectivity index (χ1n) is 5.38. The van der Waals surface area contributed by atoms with Crippen molar-refractivity contribution in [3.63, 3.8) is 0 Å². The van der Waals surface area contributed by atoms with Gasteiger partial charge in [0.1, 0.15) is 5.82 Å². The Morgan fingerprint density at radius 1 is 1.39 bits per heavy atom. The van der Waals surface area contributed by atoms with Crippen molar-refractivity contribution in [2.45, 2.75) is 13.5 Å². The van der Waals surface area contributed by atoms with E-state index in [0.717, 1.165) is 4.47 Å². The minimum Gasteiger partial charge on any atom is -0.399 e. The first-order chi connectivity index (χ1) is 8.47. The molecule has 2 aromatic rings. The normalized spacial score (nSPS) is 10.6. The van der Waals surface area contributed by atoms with Gasteiger partial charge in [-0.2, -0.15) is 0 Å². The average Bonchev–Trinajstić information content (AvgIpc) is 2.29. The van der Waals surface area contributed by atoms with Crippen molar-refractivity contribution in [2.24, 2.45) is 0 Å². The van der Waals surface area contributed by atoms with Crippen LogP contribution in [0.25, 0.3) is 0 Å². The molecular formula is C13H12BrFN2O. The summed E-state index contributed by atoms with van der Waals surface area (Å²) in [5, 5.41) is 0. The Bertz CT molecular complexity index is 652. The van der Waals surface area contributed by atoms with Crippen molar-refractivity contribution in [3.05, 3.63) is 62.2 Å². The molecule has 0 aliphatic rings. The van der Waals surface area contributed by atoms with E-state index in [-0.39, 0.29) is 12.1 Å². The second-order valence-corrected chi connectivity index (χ2v) is 5.04. The van der Waals surface area contributed by atoms with Crippen molar-refractivity contribution < 1.29 is 4.39 Å². The first-order valence-corrected chi connectivity index (χ1v) is 6.17. The van der Waals surface area contributed by atoms with E-state index in [1.807, 2.05) is 0 Å². The maximum atomic E-state index is 13.7. The Labute approximate surface area is 112 Å². The predicted molar refractivity (Wildman–Crippen MR) is 73.1 cm³/mol. The Balaban J connectivity index is 2.43. The molecule has 0 spiro atoms. The molecule has 0 aliphatic heterocycles. The molecule has 18 heavy (non-hydrogen) atoms. The summed E-state index contributed by atoms with van der Waals surface area (Å²) < 4.78 is 15.9. The number of hydrogen-bond acceptors (Lipinski definition) is 2. The summed E-state index contributed by atoms with van der Waals surface area (Å²) in [4.78, 5) is 11.9. The number of benzene rings is 1. The largest absolute Gasteiger partial charge is 0.399 e. The van der Waals surface area contributed by atoms with Gasteiger partial charge in [-0.25, -0.2) is 4.39 Å². The number of aryl methyl sites for hydroxylation is 1. The van der Waals surface area contributed by atoms with Gasteiger partial charge in [0.15, 0.2) is 0 Å². The van der Waals surface area contributed by atoms with Crippen LogP contribution in [0.15, 0.2) is 39.7 Å². The third-order valence-electron chi connectivity index (χ3n) is 2.65. The van der Waals surface area contributed by atoms with E-state index in [0.29, 0.717) is 16.8 Å². The number of hydrogen-bond donors (Lipinski definition) is 1. The van der Waals surface area contributed by atoms with E-state index in [4.69, 9.17) is 5.73 Å². The quantitative estimate of drug-likeness (QED) is 0.867. The number of aromatic nitrogens is 1. The van der Waals surface area contributed by atoms with Crippen LogP contribution in [0.1, 0.15) is 11.1 Å². The number of pyridine rings is 1. The lowest BCUT2D eigenvalue weighted by Gasteiger charge is -2.09. The maximum Gasteiger partial charge on any atom is 0.253 e. The number of halogens is 2. The number of nitrogens with zero attached hydrogens (tertiary/aromatic N) is 1. The van der Waals surface area contributed by atoms with Crippen molar-refractivity contribution in [1.82, 2.24) is 4.57 Å². The molecule has 0 unspecified atom stereocenters. The Kier molecular flexibility index (Phi) is 3.52. The van der Waals surface area contributed by atoms with Crippen molar-refractivity contribution in [2.75, 3.05) is 5.73 Å². The van der Waals surface area contributed by atoms with E-state index in [2.05, 4.69) is 15.9 Å². The van der Waals surface area contributed by atoms with E-state index in [1.165, 1.54) is 10.6 Å². The van der Waals surface area contributed by atoms with Crippen molar-refractivity contribution in [3.8, 4) is 0 Å². The Morgan fingerprint density at radius 3 is 2.78 bits per heavy atom. The number of nitrogen functional groups attached to an aromatic ring is 1. The van der Waals surface area contributed by atoms with Crippen LogP contribution >= 0.6 is 15.9 Å². The van der Waals surface area contributed by atoms with Crippen LogP contribution < -0.4 is 11.3 Å². The van der Waals surface area contributed by atoms with Gasteiger partial charge in [-0.05, 0) is 41.1 Å². The van der Waals surface area contributed by atoms with Gasteiger partial charge < -0.3 is 10.3 Å². The first kappa shape index (κ1) is 12.8. The van der Waals surface area contributed by atoms with Crippen LogP contribution in [-0.2, 0) is 6.54 Å². The van der Waals surface area contributed by atoms with Gasteiger partial charge in [-0.1, -0.05) is 6.07 Å². The SMILES string of the molecule is Cc1cc(Br)cn(Cc2ccc(N)cc2F)c1=O. The van der Waals surface area contributed by atoms with E-state index >= 15 is 0 Å². The smallest absolute Gasteiger partial charge is 0.253 e. The molecule has 0 radical (unpaired) electrons. The minimum atomic E-state index is -0.403. The zero-order valence-corrected chi connectivity index (χ0v) is 11.4. The average molecular weight is 311 g/mol. The minimum absolute atomic E-state index is 0.130. The fourth-order valence-electron chi connectivity index (χ4n) is 1.73. The summed E-state index contributed by atoms with van der Waals surface area (Å²) in [6, 6.07) is 6.20. The molecule has 1 aromatic heterocycles. The maximum absolute atomic E-state index is 13.7. The molecule has 3 nitrogen and oxygen atoms in total. The fraction of sp³-hybridized carbons (Fsp3) is 0.154. The third-order valence-corrected chi connectivity index (χ3v) is 3.08. The molecule has 0 saturated carbocycles. The molecule has 0 atom stereocenters. The van der Waals surface area contributed by atoms with Gasteiger partial charge >= 0.3 is 0 Å². The summed E-state index contributed by atoms with van der Waals surface area (Å²) in [5.74, 6) is -0.403. The molecule has 0 bridgehead atoms. The van der Waals surface area contributed by atoms with E-state index < -0.39 is 5.82 Å². The zero-order valence-electron chi connectivity index (χ0n) is 9.78. The molecule has 0 saturated heterocycles. The molecule has 1 aromatic carbocycles. The highest BCUT2D eigenvalue weighted by atomic mass is 79.9. The van der Waals surface area contributed by atoms with Crippen LogP contribution in [0.3, 0.4) is 0 Å². The topological polar surface area (TPSA) is 48.0 Å². The van der Waals surface area contributed by atoms with Gasteiger partial charge in [0.2, 0.25) is 0 Å². The highest BCUT2D eigenvalue weighted by molar-refractivity contribution is 9.10. The molecule has 5 heteroatoms. The summed E-state index contributed by atoms with van der Waals surface area (Å²) in [6.45, 7) is 1.91. The number of anilines is 1. The molecular weight excluding hydrogens is 299 g/mol. The predicted octanol–water partition coefficient (Wildman–Crippen LogP) is 2.69. The van der Waals surface area contributed by atoms with Crippen LogP contribution in [0.4, 0.5) is 10.1 Å². The lowest BCUT2D eigenvalue weighted by Crippen LogP contribution is -2.22. The van der Waals surface area contributed by atoms with Crippen molar-refractivity contribution in [1.29, 1.82) is 0 Å². The molecule has 1 heterocycles. The molecule has 0 aliphatic carbocycles. The highest BCUT2D eigenvalue weighted by Gasteiger charge is 2.07. The Hall–Kier alpha value is -1.62. The summed E-state index contributed by atoms with van der Waals surface area (Å²) >= 11 is 3.32. The van der Waals surface area contributed by atoms with Crippen LogP contribution in [0.5, 0.6) is 0 Å². The van der Waals surface area contributed by atoms with Gasteiger partial charge in [-0.3, -0.25) is 4.79 Å². The van der Waals surface area contributed by atoms with E-state index in [1.54, 1.807) is 31.3 Å². The van der Waals surface area contributed by atoms with E-state index in [9.17, 15) is 9.18 Å². The molecule has 2 rings (SSSR count). The zero-order chi connectivity index (χ0) is 13.3. The molecule has 2 N–H and O–H groups in total. The van der Waals surface area contributed by atoms with Gasteiger partial charge in [0, 0.05) is 27.5 Å². The van der Waals surface area contributed by atoms with Crippen molar-refractivity contribution >= 4 is 21.6 Å². The lowest BCUT2D eigenvalue weighted by atomic mass is 10.2. The third kappa shape index (κ3) is 2.61. The number of rotatable bonds is 2. The standard InChI is InChI=1S/C13H12BrFN2O/c1-8-4-10(14)7-17(13(8)18)6-9-2-3-11(16)5-12(9)15/h2-5,7H,6,16H2,1H3. The summed E-state index contributed by atoms with van der Waals surface area (Å²) in [7, 11) is 0. The number of nitrogens with two attached hydrogens (primary N) is 1. The van der Waals surface area contributed by atoms with Crippen LogP contribution in [0, 0.1) is 12.7 Å². The highest BCUT2D eigenvalue weighted by Crippen LogP contribution is 2.14. The van der Waals surface area contributed by atoms with Gasteiger partial charge in [-0.15, -0.1) is 0 Å². The molecule has 0 amide bonds. The van der Waals surface area contributed by atoms with Gasteiger partial charge in [0.05, 0.1) is 6.54 Å². The van der Waals surface area contributed by atoms with Crippen LogP contribution in [0.2, 0.25) is 0 Å². The summed E-state index contributed by atoms with van der Waals surface area (Å²) in [5.41, 5.74) is 6.77.